The van der Waals surface area contributed by atoms with Crippen LogP contribution in [-0.4, -0.2) is 20.0 Å². The second-order valence-electron chi connectivity index (χ2n) is 5.63. The van der Waals surface area contributed by atoms with Crippen LogP contribution in [0.5, 0.6) is 0 Å². The number of pyridine rings is 2. The van der Waals surface area contributed by atoms with Gasteiger partial charge in [-0.25, -0.2) is 0 Å². The Bertz CT molecular complexity index is 806. The maximum absolute atomic E-state index is 5.64. The zero-order valence-electron chi connectivity index (χ0n) is 12.9. The van der Waals surface area contributed by atoms with Gasteiger partial charge >= 0.3 is 0 Å². The van der Waals surface area contributed by atoms with Crippen LogP contribution in [0.4, 0.5) is 0 Å². The fourth-order valence-electron chi connectivity index (χ4n) is 3.03. The van der Waals surface area contributed by atoms with E-state index in [0.29, 0.717) is 0 Å². The molecule has 1 saturated heterocycles. The van der Waals surface area contributed by atoms with Crippen LogP contribution in [0.3, 0.4) is 0 Å². The molecule has 1 fully saturated rings. The average Bonchev–Trinajstić information content (AvgIpc) is 3.25. The van der Waals surface area contributed by atoms with Gasteiger partial charge in [0.25, 0.3) is 0 Å². The first-order valence-corrected chi connectivity index (χ1v) is 9.02. The molecule has 0 unspecified atom stereocenters. The summed E-state index contributed by atoms with van der Waals surface area (Å²) in [5, 5.41) is 6.32. The lowest BCUT2D eigenvalue weighted by Crippen LogP contribution is -2.28. The number of rotatable bonds is 4. The van der Waals surface area contributed by atoms with Crippen LogP contribution in [0, 0.1) is 0 Å². The van der Waals surface area contributed by atoms with Gasteiger partial charge in [-0.1, -0.05) is 18.2 Å². The van der Waals surface area contributed by atoms with Gasteiger partial charge in [-0.2, -0.15) is 0 Å². The van der Waals surface area contributed by atoms with E-state index in [-0.39, 0.29) is 12.1 Å². The van der Waals surface area contributed by atoms with Crippen molar-refractivity contribution in [3.63, 3.8) is 0 Å². The lowest BCUT2D eigenvalue weighted by atomic mass is 10.0. The summed E-state index contributed by atoms with van der Waals surface area (Å²) in [4.78, 5) is 12.3. The summed E-state index contributed by atoms with van der Waals surface area (Å²) in [5.74, 6) is 0. The minimum atomic E-state index is 0.0500. The molecule has 4 nitrogen and oxygen atoms in total. The highest BCUT2D eigenvalue weighted by molar-refractivity contribution is 7.80. The molecule has 4 heterocycles. The van der Waals surface area contributed by atoms with Crippen LogP contribution in [0.2, 0.25) is 0 Å². The molecule has 2 atom stereocenters. The number of nitrogens with zero attached hydrogens (tertiary/aromatic N) is 3. The Hall–Kier alpha value is -2.31. The summed E-state index contributed by atoms with van der Waals surface area (Å²) in [6.45, 7) is 0.728. The van der Waals surface area contributed by atoms with Gasteiger partial charge in [-0.3, -0.25) is 9.97 Å². The van der Waals surface area contributed by atoms with Crippen LogP contribution in [0.25, 0.3) is 0 Å². The number of nitrogens with one attached hydrogen (secondary N) is 1. The minimum Gasteiger partial charge on any atom is -0.352 e. The van der Waals surface area contributed by atoms with Crippen molar-refractivity contribution in [3.8, 4) is 0 Å². The van der Waals surface area contributed by atoms with Gasteiger partial charge in [0, 0.05) is 30.0 Å². The Morgan fingerprint density at radius 2 is 2.08 bits per heavy atom. The van der Waals surface area contributed by atoms with Crippen LogP contribution in [0.15, 0.2) is 66.4 Å². The Morgan fingerprint density at radius 1 is 1.12 bits per heavy atom. The maximum Gasteiger partial charge on any atom is 0.170 e. The highest BCUT2D eigenvalue weighted by atomic mass is 32.1. The molecule has 0 radical (unpaired) electrons. The number of aromatic nitrogens is 2. The zero-order valence-corrected chi connectivity index (χ0v) is 14.5. The molecule has 0 spiro atoms. The molecule has 3 aromatic rings. The van der Waals surface area contributed by atoms with Gasteiger partial charge in [0.05, 0.1) is 17.8 Å². The second kappa shape index (κ2) is 6.67. The highest BCUT2D eigenvalue weighted by Gasteiger charge is 2.40. The lowest BCUT2D eigenvalue weighted by molar-refractivity contribution is 0.315. The number of thiocarbonyl (C=S) groups is 1. The van der Waals surface area contributed by atoms with Crippen molar-refractivity contribution in [1.29, 1.82) is 0 Å². The van der Waals surface area contributed by atoms with E-state index in [1.54, 1.807) is 17.5 Å². The molecule has 0 aromatic carbocycles. The summed E-state index contributed by atoms with van der Waals surface area (Å²) in [6.07, 6.45) is 5.51. The molecule has 0 saturated carbocycles. The van der Waals surface area contributed by atoms with Crippen LogP contribution in [0.1, 0.15) is 28.2 Å². The zero-order chi connectivity index (χ0) is 16.4. The average molecular weight is 352 g/mol. The molecule has 4 rings (SSSR count). The van der Waals surface area contributed by atoms with Crippen molar-refractivity contribution >= 4 is 28.7 Å². The van der Waals surface area contributed by atoms with E-state index in [2.05, 4.69) is 49.8 Å². The molecule has 6 heteroatoms. The van der Waals surface area contributed by atoms with E-state index in [1.165, 1.54) is 4.88 Å². The third kappa shape index (κ3) is 2.90. The van der Waals surface area contributed by atoms with Gasteiger partial charge in [0.2, 0.25) is 0 Å². The van der Waals surface area contributed by atoms with Gasteiger partial charge in [-0.05, 0) is 47.4 Å². The summed E-state index contributed by atoms with van der Waals surface area (Å²) in [5.41, 5.74) is 2.15. The summed E-state index contributed by atoms with van der Waals surface area (Å²) in [7, 11) is 0. The first-order valence-electron chi connectivity index (χ1n) is 7.73. The Kier molecular flexibility index (Phi) is 4.23. The van der Waals surface area contributed by atoms with E-state index in [4.69, 9.17) is 12.2 Å². The first kappa shape index (κ1) is 15.2. The van der Waals surface area contributed by atoms with E-state index < -0.39 is 0 Å². The highest BCUT2D eigenvalue weighted by Crippen LogP contribution is 2.40. The molecule has 1 aliphatic heterocycles. The van der Waals surface area contributed by atoms with Crippen molar-refractivity contribution in [2.45, 2.75) is 18.6 Å². The quantitative estimate of drug-likeness (QED) is 0.725. The topological polar surface area (TPSA) is 41.1 Å². The Balaban J connectivity index is 1.71. The maximum atomic E-state index is 5.64. The Labute approximate surface area is 150 Å². The fraction of sp³-hybridized carbons (Fsp3) is 0.167. The molecular weight excluding hydrogens is 336 g/mol. The third-order valence-corrected chi connectivity index (χ3v) is 5.40. The molecule has 1 aliphatic rings. The molecular formula is C18H16N4S2. The summed E-state index contributed by atoms with van der Waals surface area (Å²) < 4.78 is 0. The van der Waals surface area contributed by atoms with E-state index in [9.17, 15) is 0 Å². The molecule has 1 N–H and O–H groups in total. The van der Waals surface area contributed by atoms with Crippen molar-refractivity contribution in [2.75, 3.05) is 0 Å². The Morgan fingerprint density at radius 3 is 2.79 bits per heavy atom. The predicted octanol–water partition coefficient (Wildman–Crippen LogP) is 3.71. The minimum absolute atomic E-state index is 0.0500. The van der Waals surface area contributed by atoms with E-state index in [1.807, 2.05) is 30.6 Å². The van der Waals surface area contributed by atoms with Gasteiger partial charge < -0.3 is 10.2 Å². The van der Waals surface area contributed by atoms with Gasteiger partial charge in [-0.15, -0.1) is 11.3 Å². The number of hydrogen-bond donors (Lipinski definition) is 1. The van der Waals surface area contributed by atoms with E-state index in [0.717, 1.165) is 22.9 Å². The molecule has 24 heavy (non-hydrogen) atoms. The number of hydrogen-bond acceptors (Lipinski definition) is 4. The molecule has 0 aliphatic carbocycles. The van der Waals surface area contributed by atoms with Crippen LogP contribution < -0.4 is 5.32 Å². The standard InChI is InChI=1S/C18H16N4S2/c23-18-21-16(14-6-1-2-9-20-14)17(15-7-4-10-24-15)22(18)12-13-5-3-8-19-11-13/h1-11,16-17H,12H2,(H,21,23)/t16-,17-/m0/s1. The SMILES string of the molecule is S=C1N[C@@H](c2ccccn2)[C@H](c2cccs2)N1Cc1cccnc1. The molecule has 120 valence electrons. The van der Waals surface area contributed by atoms with Crippen LogP contribution in [-0.2, 0) is 6.54 Å². The van der Waals surface area contributed by atoms with Crippen LogP contribution >= 0.6 is 23.6 Å². The fourth-order valence-corrected chi connectivity index (χ4v) is 4.21. The molecule has 3 aromatic heterocycles. The van der Waals surface area contributed by atoms with Crippen molar-refractivity contribution in [2.24, 2.45) is 0 Å². The first-order chi connectivity index (χ1) is 11.8. The van der Waals surface area contributed by atoms with Crippen molar-refractivity contribution in [1.82, 2.24) is 20.2 Å². The summed E-state index contributed by atoms with van der Waals surface area (Å²) >= 11 is 7.39. The summed E-state index contributed by atoms with van der Waals surface area (Å²) in [6, 6.07) is 14.5. The normalized spacial score (nSPS) is 20.2. The van der Waals surface area contributed by atoms with Crippen molar-refractivity contribution in [3.05, 3.63) is 82.6 Å². The third-order valence-electron chi connectivity index (χ3n) is 4.11. The molecule has 0 amide bonds. The predicted molar refractivity (Wildman–Crippen MR) is 99.6 cm³/mol. The lowest BCUT2D eigenvalue weighted by Gasteiger charge is -2.26. The largest absolute Gasteiger partial charge is 0.352 e. The van der Waals surface area contributed by atoms with Gasteiger partial charge in [0.1, 0.15) is 0 Å². The second-order valence-corrected chi connectivity index (χ2v) is 7.00. The van der Waals surface area contributed by atoms with Gasteiger partial charge in [0.15, 0.2) is 5.11 Å². The smallest absolute Gasteiger partial charge is 0.170 e. The molecule has 0 bridgehead atoms. The van der Waals surface area contributed by atoms with E-state index >= 15 is 0 Å². The monoisotopic (exact) mass is 352 g/mol. The number of thiophene rings is 1. The van der Waals surface area contributed by atoms with Crippen molar-refractivity contribution < 1.29 is 0 Å².